The molecule has 35 heavy (non-hydrogen) atoms. The van der Waals surface area contributed by atoms with Crippen LogP contribution in [0.15, 0.2) is 59.9 Å². The van der Waals surface area contributed by atoms with Gasteiger partial charge in [0.15, 0.2) is 11.3 Å². The van der Waals surface area contributed by atoms with Crippen molar-refractivity contribution < 1.29 is 28.9 Å². The highest BCUT2D eigenvalue weighted by atomic mass is 16.5. The monoisotopic (exact) mass is 475 g/mol. The highest BCUT2D eigenvalue weighted by molar-refractivity contribution is 6.26. The summed E-state index contributed by atoms with van der Waals surface area (Å²) in [6, 6.07) is 8.95. The van der Waals surface area contributed by atoms with Crippen molar-refractivity contribution in [1.82, 2.24) is 9.97 Å². The van der Waals surface area contributed by atoms with E-state index in [2.05, 4.69) is 15.3 Å². The average molecular weight is 476 g/mol. The van der Waals surface area contributed by atoms with Gasteiger partial charge in [-0.3, -0.25) is 4.79 Å². The van der Waals surface area contributed by atoms with Crippen molar-refractivity contribution >= 4 is 34.5 Å². The maximum absolute atomic E-state index is 13.3. The van der Waals surface area contributed by atoms with E-state index >= 15 is 0 Å². The molecule has 1 aliphatic heterocycles. The number of hydrogen-bond donors (Lipinski definition) is 3. The lowest BCUT2D eigenvalue weighted by molar-refractivity contribution is -0.140. The third-order valence-electron chi connectivity index (χ3n) is 5.82. The number of pyridine rings is 1. The third kappa shape index (κ3) is 4.90. The largest absolute Gasteiger partial charge is 0.491 e. The maximum Gasteiger partial charge on any atom is 0.347 e. The van der Waals surface area contributed by atoms with Crippen molar-refractivity contribution in [2.75, 3.05) is 25.1 Å². The summed E-state index contributed by atoms with van der Waals surface area (Å²) in [7, 11) is 0. The molecule has 0 saturated heterocycles. The van der Waals surface area contributed by atoms with Crippen LogP contribution in [0.3, 0.4) is 0 Å². The number of fused-ring (bicyclic) bond motifs is 1. The Hall–Kier alpha value is -4.11. The van der Waals surface area contributed by atoms with Crippen molar-refractivity contribution in [1.29, 1.82) is 0 Å². The Balaban J connectivity index is 1.44. The number of allylic oxidation sites excluding steroid dienone is 1. The lowest BCUT2D eigenvalue weighted by Gasteiger charge is -2.13. The number of ketones is 1. The standard InChI is InChI=1S/C26H25N3O6/c1-15-11-18(33-10-9-30)6-7-20(15)29-25-22(26(32)34-14-16-4-5-16)23(31)21(35-25)12-17-13-28-24-19(17)3-2-8-27-24/h2-3,6-8,11-13,16,29-30H,4-5,9-10,14H2,1H3,(H,27,28)/b21-12-. The normalized spacial score (nSPS) is 16.6. The number of carbonyl (C=O) groups is 2. The number of H-pyrrole nitrogens is 1. The molecule has 0 unspecified atom stereocenters. The second kappa shape index (κ2) is 9.63. The van der Waals surface area contributed by atoms with Gasteiger partial charge in [0.05, 0.1) is 13.2 Å². The van der Waals surface area contributed by atoms with E-state index in [-0.39, 0.29) is 37.0 Å². The number of rotatable bonds is 9. The Labute approximate surface area is 201 Å². The number of aliphatic hydroxyl groups is 1. The minimum absolute atomic E-state index is 0.0103. The van der Waals surface area contributed by atoms with Gasteiger partial charge in [-0.05, 0) is 67.7 Å². The van der Waals surface area contributed by atoms with Crippen molar-refractivity contribution in [2.24, 2.45) is 5.92 Å². The summed E-state index contributed by atoms with van der Waals surface area (Å²) in [5.41, 5.74) is 2.66. The van der Waals surface area contributed by atoms with Crippen LogP contribution in [0.1, 0.15) is 24.0 Å². The van der Waals surface area contributed by atoms with E-state index in [1.165, 1.54) is 0 Å². The summed E-state index contributed by atoms with van der Waals surface area (Å²) in [4.78, 5) is 33.5. The minimum atomic E-state index is -0.714. The molecule has 0 radical (unpaired) electrons. The summed E-state index contributed by atoms with van der Waals surface area (Å²) < 4.78 is 16.7. The zero-order chi connectivity index (χ0) is 24.4. The van der Waals surface area contributed by atoms with Gasteiger partial charge in [0.25, 0.3) is 0 Å². The molecule has 0 bridgehead atoms. The van der Waals surface area contributed by atoms with Crippen LogP contribution in [0.2, 0.25) is 0 Å². The molecule has 5 rings (SSSR count). The molecule has 9 nitrogen and oxygen atoms in total. The fraction of sp³-hybridized carbons (Fsp3) is 0.269. The molecule has 3 aromatic rings. The van der Waals surface area contributed by atoms with Crippen molar-refractivity contribution in [2.45, 2.75) is 19.8 Å². The molecule has 3 N–H and O–H groups in total. The number of aromatic amines is 1. The Morgan fingerprint density at radius 3 is 2.97 bits per heavy atom. The van der Waals surface area contributed by atoms with E-state index in [4.69, 9.17) is 19.3 Å². The Morgan fingerprint density at radius 2 is 2.20 bits per heavy atom. The van der Waals surface area contributed by atoms with Crippen LogP contribution in [0.5, 0.6) is 5.75 Å². The van der Waals surface area contributed by atoms with Gasteiger partial charge >= 0.3 is 5.97 Å². The number of nitrogens with zero attached hydrogens (tertiary/aromatic N) is 1. The van der Waals surface area contributed by atoms with E-state index in [1.54, 1.807) is 42.7 Å². The molecule has 9 heteroatoms. The molecular formula is C26H25N3O6. The van der Waals surface area contributed by atoms with Gasteiger partial charge in [-0.25, -0.2) is 9.78 Å². The SMILES string of the molecule is Cc1cc(OCCO)ccc1NC1=C(C(=O)OCC2CC2)C(=O)/C(=C/c2c[nH]c3ncccc23)O1. The molecule has 3 heterocycles. The molecule has 2 aliphatic rings. The highest BCUT2D eigenvalue weighted by Crippen LogP contribution is 2.33. The van der Waals surface area contributed by atoms with E-state index in [1.807, 2.05) is 13.0 Å². The molecule has 1 saturated carbocycles. The van der Waals surface area contributed by atoms with Crippen LogP contribution in [0.25, 0.3) is 17.1 Å². The zero-order valence-electron chi connectivity index (χ0n) is 19.2. The topological polar surface area (TPSA) is 123 Å². The summed E-state index contributed by atoms with van der Waals surface area (Å²) in [5.74, 6) is -0.280. The van der Waals surface area contributed by atoms with Gasteiger partial charge in [0.2, 0.25) is 11.7 Å². The number of carbonyl (C=O) groups excluding carboxylic acids is 2. The number of anilines is 1. The Kier molecular flexibility index (Phi) is 6.24. The quantitative estimate of drug-likeness (QED) is 0.244. The van der Waals surface area contributed by atoms with E-state index in [0.717, 1.165) is 23.8 Å². The van der Waals surface area contributed by atoms with Crippen LogP contribution in [-0.2, 0) is 19.1 Å². The van der Waals surface area contributed by atoms with Gasteiger partial charge in [0.1, 0.15) is 18.0 Å². The van der Waals surface area contributed by atoms with Crippen LogP contribution < -0.4 is 10.1 Å². The van der Waals surface area contributed by atoms with Gasteiger partial charge < -0.3 is 29.6 Å². The number of aromatic nitrogens is 2. The predicted octanol–water partition coefficient (Wildman–Crippen LogP) is 3.46. The maximum atomic E-state index is 13.3. The first kappa shape index (κ1) is 22.7. The fourth-order valence-corrected chi connectivity index (χ4v) is 3.74. The first-order valence-electron chi connectivity index (χ1n) is 11.4. The van der Waals surface area contributed by atoms with Crippen molar-refractivity contribution in [3.63, 3.8) is 0 Å². The summed E-state index contributed by atoms with van der Waals surface area (Å²) >= 11 is 0. The summed E-state index contributed by atoms with van der Waals surface area (Å²) in [6.45, 7) is 2.23. The van der Waals surface area contributed by atoms with Crippen LogP contribution in [-0.4, -0.2) is 46.6 Å². The van der Waals surface area contributed by atoms with Crippen molar-refractivity contribution in [3.8, 4) is 5.75 Å². The lowest BCUT2D eigenvalue weighted by atomic mass is 10.1. The number of aryl methyl sites for hydroxylation is 1. The van der Waals surface area contributed by atoms with E-state index in [0.29, 0.717) is 28.6 Å². The van der Waals surface area contributed by atoms with Gasteiger partial charge in [0, 0.05) is 29.0 Å². The molecule has 0 atom stereocenters. The minimum Gasteiger partial charge on any atom is -0.491 e. The van der Waals surface area contributed by atoms with Gasteiger partial charge in [-0.2, -0.15) is 0 Å². The lowest BCUT2D eigenvalue weighted by Crippen LogP contribution is -2.17. The smallest absolute Gasteiger partial charge is 0.347 e. The second-order valence-corrected chi connectivity index (χ2v) is 8.50. The number of nitrogens with one attached hydrogen (secondary N) is 2. The average Bonchev–Trinajstić information content (AvgIpc) is 3.53. The summed E-state index contributed by atoms with van der Waals surface area (Å²) in [6.07, 6.45) is 7.03. The summed E-state index contributed by atoms with van der Waals surface area (Å²) in [5, 5.41) is 12.9. The van der Waals surface area contributed by atoms with Crippen LogP contribution in [0.4, 0.5) is 5.69 Å². The number of ether oxygens (including phenoxy) is 3. The van der Waals surface area contributed by atoms with Crippen LogP contribution in [0, 0.1) is 12.8 Å². The van der Waals surface area contributed by atoms with Gasteiger partial charge in [-0.15, -0.1) is 0 Å². The number of aliphatic hydroxyl groups excluding tert-OH is 1. The molecule has 2 aromatic heterocycles. The Morgan fingerprint density at radius 1 is 1.34 bits per heavy atom. The second-order valence-electron chi connectivity index (χ2n) is 8.50. The van der Waals surface area contributed by atoms with Crippen LogP contribution >= 0.6 is 0 Å². The number of hydrogen-bond acceptors (Lipinski definition) is 8. The first-order valence-corrected chi connectivity index (χ1v) is 11.4. The molecular weight excluding hydrogens is 450 g/mol. The predicted molar refractivity (Wildman–Crippen MR) is 128 cm³/mol. The fourth-order valence-electron chi connectivity index (χ4n) is 3.74. The zero-order valence-corrected chi connectivity index (χ0v) is 19.2. The molecule has 0 spiro atoms. The Bertz CT molecular complexity index is 1350. The number of Topliss-reactive ketones (excluding diaryl/α,β-unsaturated/α-hetero) is 1. The molecule has 0 amide bonds. The molecule has 1 aromatic carbocycles. The highest BCUT2D eigenvalue weighted by Gasteiger charge is 2.38. The first-order chi connectivity index (χ1) is 17.0. The molecule has 1 fully saturated rings. The molecule has 180 valence electrons. The third-order valence-corrected chi connectivity index (χ3v) is 5.82. The van der Waals surface area contributed by atoms with Crippen molar-refractivity contribution in [3.05, 3.63) is 71.1 Å². The molecule has 1 aliphatic carbocycles. The number of esters is 1. The van der Waals surface area contributed by atoms with E-state index in [9.17, 15) is 9.59 Å². The van der Waals surface area contributed by atoms with E-state index < -0.39 is 11.8 Å². The van der Waals surface area contributed by atoms with Gasteiger partial charge in [-0.1, -0.05) is 0 Å². The number of benzene rings is 1.